The van der Waals surface area contributed by atoms with E-state index in [1.807, 2.05) is 32.2 Å². The van der Waals surface area contributed by atoms with Gasteiger partial charge < -0.3 is 14.2 Å². The van der Waals surface area contributed by atoms with Crippen molar-refractivity contribution in [3.8, 4) is 28.8 Å². The summed E-state index contributed by atoms with van der Waals surface area (Å²) in [4.78, 5) is 13.3. The molecule has 0 N–H and O–H groups in total. The molecule has 0 saturated heterocycles. The van der Waals surface area contributed by atoms with Gasteiger partial charge in [-0.3, -0.25) is 9.67 Å². The van der Waals surface area contributed by atoms with Crippen LogP contribution in [0.4, 0.5) is 0 Å². The molecule has 0 amide bonds. The van der Waals surface area contributed by atoms with Gasteiger partial charge >= 0.3 is 0 Å². The quantitative estimate of drug-likeness (QED) is 0.622. The van der Waals surface area contributed by atoms with Gasteiger partial charge in [-0.25, -0.2) is 4.98 Å². The number of hydrogen-bond donors (Lipinski definition) is 0. The molecule has 4 rings (SSSR count). The maximum absolute atomic E-state index is 6.11. The van der Waals surface area contributed by atoms with E-state index >= 15 is 0 Å². The van der Waals surface area contributed by atoms with Crippen LogP contribution in [0.2, 0.25) is 0 Å². The zero-order valence-electron chi connectivity index (χ0n) is 16.4. The predicted octanol–water partition coefficient (Wildman–Crippen LogP) is 2.78. The van der Waals surface area contributed by atoms with Gasteiger partial charge in [0.15, 0.2) is 0 Å². The van der Waals surface area contributed by atoms with Crippen LogP contribution in [0.25, 0.3) is 11.3 Å². The second-order valence-corrected chi connectivity index (χ2v) is 6.87. The van der Waals surface area contributed by atoms with Gasteiger partial charge in [0.1, 0.15) is 11.6 Å². The molecule has 1 aliphatic carbocycles. The van der Waals surface area contributed by atoms with Crippen molar-refractivity contribution in [2.75, 3.05) is 20.8 Å². The van der Waals surface area contributed by atoms with Crippen LogP contribution < -0.4 is 14.2 Å². The summed E-state index contributed by atoms with van der Waals surface area (Å²) in [5, 5.41) is 4.31. The standard InChI is InChI=1S/C20H23N5O3/c1-12-21-10-16(18-8-19(27-4)24-25(18)2)20(23-12)28-11-13-7-15(13)17-6-5-14(26-3)9-22-17/h5-6,8-10,13,15H,7,11H2,1-4H3. The first kappa shape index (κ1) is 18.2. The van der Waals surface area contributed by atoms with E-state index in [2.05, 4.69) is 20.1 Å². The van der Waals surface area contributed by atoms with Gasteiger partial charge in [-0.15, -0.1) is 5.10 Å². The molecule has 2 atom stereocenters. The molecule has 1 aliphatic rings. The first-order chi connectivity index (χ1) is 13.6. The van der Waals surface area contributed by atoms with Crippen molar-refractivity contribution in [2.24, 2.45) is 13.0 Å². The number of rotatable bonds is 7. The minimum atomic E-state index is 0.411. The van der Waals surface area contributed by atoms with Gasteiger partial charge in [-0.2, -0.15) is 4.98 Å². The van der Waals surface area contributed by atoms with Gasteiger partial charge in [0.2, 0.25) is 11.8 Å². The van der Waals surface area contributed by atoms with Gasteiger partial charge in [0.05, 0.1) is 38.3 Å². The third kappa shape index (κ3) is 3.62. The maximum Gasteiger partial charge on any atom is 0.233 e. The zero-order valence-corrected chi connectivity index (χ0v) is 16.4. The van der Waals surface area contributed by atoms with Gasteiger partial charge in [-0.05, 0) is 25.5 Å². The first-order valence-corrected chi connectivity index (χ1v) is 9.13. The van der Waals surface area contributed by atoms with Crippen molar-refractivity contribution in [3.05, 3.63) is 42.1 Å². The summed E-state index contributed by atoms with van der Waals surface area (Å²) in [5.41, 5.74) is 2.71. The molecule has 0 spiro atoms. The summed E-state index contributed by atoms with van der Waals surface area (Å²) >= 11 is 0. The monoisotopic (exact) mass is 381 g/mol. The lowest BCUT2D eigenvalue weighted by molar-refractivity contribution is 0.285. The lowest BCUT2D eigenvalue weighted by atomic mass is 10.2. The van der Waals surface area contributed by atoms with Crippen molar-refractivity contribution in [3.63, 3.8) is 0 Å². The second-order valence-electron chi connectivity index (χ2n) is 6.87. The van der Waals surface area contributed by atoms with E-state index in [4.69, 9.17) is 14.2 Å². The first-order valence-electron chi connectivity index (χ1n) is 9.13. The van der Waals surface area contributed by atoms with Gasteiger partial charge in [-0.1, -0.05) is 0 Å². The summed E-state index contributed by atoms with van der Waals surface area (Å²) < 4.78 is 18.2. The fraction of sp³-hybridized carbons (Fsp3) is 0.400. The van der Waals surface area contributed by atoms with Gasteiger partial charge in [0, 0.05) is 36.8 Å². The van der Waals surface area contributed by atoms with Crippen molar-refractivity contribution in [1.29, 1.82) is 0 Å². The van der Waals surface area contributed by atoms with E-state index < -0.39 is 0 Å². The van der Waals surface area contributed by atoms with Crippen LogP contribution >= 0.6 is 0 Å². The third-order valence-corrected chi connectivity index (χ3v) is 4.95. The SMILES string of the molecule is COc1ccc(C2CC2COc2nc(C)ncc2-c2cc(OC)nn2C)nc1. The summed E-state index contributed by atoms with van der Waals surface area (Å²) in [5.74, 6) is 3.37. The van der Waals surface area contributed by atoms with Crippen LogP contribution in [0.3, 0.4) is 0 Å². The van der Waals surface area contributed by atoms with E-state index in [9.17, 15) is 0 Å². The number of aromatic nitrogens is 5. The molecule has 1 fully saturated rings. The molecule has 0 aliphatic heterocycles. The van der Waals surface area contributed by atoms with Crippen molar-refractivity contribution < 1.29 is 14.2 Å². The average Bonchev–Trinajstić information content (AvgIpc) is 3.40. The van der Waals surface area contributed by atoms with E-state index in [0.29, 0.717) is 36.0 Å². The molecular formula is C20H23N5O3. The highest BCUT2D eigenvalue weighted by Crippen LogP contribution is 2.47. The third-order valence-electron chi connectivity index (χ3n) is 4.95. The molecule has 0 aromatic carbocycles. The van der Waals surface area contributed by atoms with Crippen LogP contribution in [0, 0.1) is 12.8 Å². The molecule has 2 unspecified atom stereocenters. The molecule has 146 valence electrons. The molecule has 0 radical (unpaired) electrons. The molecule has 3 aromatic rings. The van der Waals surface area contributed by atoms with Crippen LogP contribution in [0.15, 0.2) is 30.6 Å². The Morgan fingerprint density at radius 2 is 2.00 bits per heavy atom. The van der Waals surface area contributed by atoms with Crippen molar-refractivity contribution in [2.45, 2.75) is 19.3 Å². The Balaban J connectivity index is 1.48. The Bertz CT molecular complexity index is 970. The topological polar surface area (TPSA) is 84.2 Å². The highest BCUT2D eigenvalue weighted by Gasteiger charge is 2.40. The number of pyridine rings is 1. The molecule has 8 nitrogen and oxygen atoms in total. The molecule has 0 bridgehead atoms. The minimum absolute atomic E-state index is 0.411. The largest absolute Gasteiger partial charge is 0.495 e. The van der Waals surface area contributed by atoms with E-state index in [1.165, 1.54) is 0 Å². The Labute approximate surface area is 163 Å². The summed E-state index contributed by atoms with van der Waals surface area (Å²) in [7, 11) is 5.09. The molecule has 1 saturated carbocycles. The molecule has 28 heavy (non-hydrogen) atoms. The number of aryl methyl sites for hydroxylation is 2. The number of hydrogen-bond acceptors (Lipinski definition) is 7. The van der Waals surface area contributed by atoms with Crippen LogP contribution in [-0.2, 0) is 7.05 Å². The van der Waals surface area contributed by atoms with Crippen molar-refractivity contribution in [1.82, 2.24) is 24.7 Å². The Hall–Kier alpha value is -3.16. The fourth-order valence-electron chi connectivity index (χ4n) is 3.24. The number of ether oxygens (including phenoxy) is 3. The van der Waals surface area contributed by atoms with Crippen LogP contribution in [0.5, 0.6) is 17.5 Å². The Kier molecular flexibility index (Phi) is 4.85. The maximum atomic E-state index is 6.11. The highest BCUT2D eigenvalue weighted by atomic mass is 16.5. The molecule has 8 heteroatoms. The summed E-state index contributed by atoms with van der Waals surface area (Å²) in [6.07, 6.45) is 4.58. The lowest BCUT2D eigenvalue weighted by Crippen LogP contribution is -2.06. The second kappa shape index (κ2) is 7.46. The summed E-state index contributed by atoms with van der Waals surface area (Å²) in [6.45, 7) is 2.43. The zero-order chi connectivity index (χ0) is 19.7. The predicted molar refractivity (Wildman–Crippen MR) is 103 cm³/mol. The minimum Gasteiger partial charge on any atom is -0.495 e. The van der Waals surface area contributed by atoms with E-state index in [-0.39, 0.29) is 0 Å². The Morgan fingerprint density at radius 1 is 1.14 bits per heavy atom. The average molecular weight is 381 g/mol. The lowest BCUT2D eigenvalue weighted by Gasteiger charge is -2.11. The molecule has 3 aromatic heterocycles. The molecule has 3 heterocycles. The smallest absolute Gasteiger partial charge is 0.233 e. The number of nitrogens with zero attached hydrogens (tertiary/aromatic N) is 5. The Morgan fingerprint density at radius 3 is 2.68 bits per heavy atom. The molecular weight excluding hydrogens is 358 g/mol. The van der Waals surface area contributed by atoms with E-state index in [0.717, 1.165) is 29.1 Å². The fourth-order valence-corrected chi connectivity index (χ4v) is 3.24. The van der Waals surface area contributed by atoms with Crippen LogP contribution in [0.1, 0.15) is 23.9 Å². The number of methoxy groups -OCH3 is 2. The van der Waals surface area contributed by atoms with Gasteiger partial charge in [0.25, 0.3) is 0 Å². The highest BCUT2D eigenvalue weighted by molar-refractivity contribution is 5.65. The summed E-state index contributed by atoms with van der Waals surface area (Å²) in [6, 6.07) is 5.81. The normalized spacial score (nSPS) is 18.0. The van der Waals surface area contributed by atoms with E-state index in [1.54, 1.807) is 31.3 Å². The van der Waals surface area contributed by atoms with Crippen LogP contribution in [-0.4, -0.2) is 45.6 Å². The van der Waals surface area contributed by atoms with Crippen molar-refractivity contribution >= 4 is 0 Å².